The number of primary amides is 1. The lowest BCUT2D eigenvalue weighted by Crippen LogP contribution is -2.45. The van der Waals surface area contributed by atoms with E-state index in [1.165, 1.54) is 12.1 Å². The van der Waals surface area contributed by atoms with Gasteiger partial charge in [0, 0.05) is 25.1 Å². The van der Waals surface area contributed by atoms with Gasteiger partial charge >= 0.3 is 6.03 Å². The summed E-state index contributed by atoms with van der Waals surface area (Å²) in [5.74, 6) is 0.134. The Balaban J connectivity index is 1.75. The van der Waals surface area contributed by atoms with Crippen molar-refractivity contribution in [3.63, 3.8) is 0 Å². The molecule has 0 saturated carbocycles. The maximum atomic E-state index is 11.8. The highest BCUT2D eigenvalue weighted by molar-refractivity contribution is 5.80. The molecular formula is C19H21N5O5. The Morgan fingerprint density at radius 1 is 1.21 bits per heavy atom. The highest BCUT2D eigenvalue weighted by Gasteiger charge is 2.28. The number of hydrazine groups is 1. The molecule has 3 amide bonds. The molecule has 0 spiro atoms. The normalized spacial score (nSPS) is 15.0. The highest BCUT2D eigenvalue weighted by atomic mass is 16.6. The van der Waals surface area contributed by atoms with Gasteiger partial charge in [-0.1, -0.05) is 30.3 Å². The molecule has 1 aliphatic heterocycles. The zero-order valence-corrected chi connectivity index (χ0v) is 15.5. The smallest absolute Gasteiger partial charge is 0.330 e. The number of amides is 3. The van der Waals surface area contributed by atoms with Crippen LogP contribution in [0.25, 0.3) is 0 Å². The summed E-state index contributed by atoms with van der Waals surface area (Å²) < 4.78 is 5.95. The number of carbonyl (C=O) groups excluding carboxylic acids is 2. The summed E-state index contributed by atoms with van der Waals surface area (Å²) >= 11 is 0. The van der Waals surface area contributed by atoms with E-state index in [9.17, 15) is 19.7 Å². The number of non-ortho nitro benzene ring substituents is 1. The maximum Gasteiger partial charge on any atom is 0.330 e. The van der Waals surface area contributed by atoms with Gasteiger partial charge in [0.25, 0.3) is 5.69 Å². The second kappa shape index (κ2) is 8.91. The van der Waals surface area contributed by atoms with E-state index >= 15 is 0 Å². The van der Waals surface area contributed by atoms with Crippen LogP contribution >= 0.6 is 0 Å². The molecule has 0 bridgehead atoms. The average molecular weight is 399 g/mol. The van der Waals surface area contributed by atoms with Crippen LogP contribution in [0.1, 0.15) is 18.4 Å². The lowest BCUT2D eigenvalue weighted by molar-refractivity contribution is -0.384. The standard InChI is InChI=1S/C19H21N5O5/c20-19(26)22-21-18(25)9-7-15-12-23(11-13-4-2-1-3-5-13)16-10-14(24(27)28)6-8-17(16)29-15/h1-6,8,10,15H,7,9,11-12H2,(H,21,25)(H3,20,22,26). The number of hydrogen-bond acceptors (Lipinski definition) is 6. The predicted octanol–water partition coefficient (Wildman–Crippen LogP) is 1.84. The Bertz CT molecular complexity index is 905. The molecule has 10 nitrogen and oxygen atoms in total. The van der Waals surface area contributed by atoms with Crippen molar-refractivity contribution in [2.24, 2.45) is 5.73 Å². The number of rotatable bonds is 6. The second-order valence-corrected chi connectivity index (χ2v) is 6.59. The number of hydrogen-bond donors (Lipinski definition) is 3. The van der Waals surface area contributed by atoms with Gasteiger partial charge in [-0.3, -0.25) is 20.3 Å². The summed E-state index contributed by atoms with van der Waals surface area (Å²) in [6.07, 6.45) is 0.215. The van der Waals surface area contributed by atoms with E-state index in [0.29, 0.717) is 30.9 Å². The van der Waals surface area contributed by atoms with Crippen LogP contribution in [0.5, 0.6) is 5.75 Å². The lowest BCUT2D eigenvalue weighted by atomic mass is 10.1. The Labute approximate surface area is 166 Å². The SMILES string of the molecule is NC(=O)NNC(=O)CCC1CN(Cc2ccccc2)c2cc([N+](=O)[O-])ccc2O1. The molecular weight excluding hydrogens is 378 g/mol. The zero-order chi connectivity index (χ0) is 20.8. The molecule has 0 saturated heterocycles. The number of fused-ring (bicyclic) bond motifs is 1. The number of urea groups is 1. The van der Waals surface area contributed by atoms with E-state index in [4.69, 9.17) is 10.5 Å². The molecule has 0 radical (unpaired) electrons. The Hall–Kier alpha value is -3.82. The van der Waals surface area contributed by atoms with E-state index < -0.39 is 16.9 Å². The van der Waals surface area contributed by atoms with E-state index in [1.807, 2.05) is 40.7 Å². The molecule has 0 aliphatic carbocycles. The van der Waals surface area contributed by atoms with Crippen LogP contribution in [0.4, 0.5) is 16.2 Å². The number of benzene rings is 2. The molecule has 10 heteroatoms. The molecule has 2 aromatic carbocycles. The van der Waals surface area contributed by atoms with Gasteiger partial charge < -0.3 is 15.4 Å². The molecule has 152 valence electrons. The van der Waals surface area contributed by atoms with Gasteiger partial charge in [-0.25, -0.2) is 10.2 Å². The Kier molecular flexibility index (Phi) is 6.12. The van der Waals surface area contributed by atoms with Gasteiger partial charge in [-0.2, -0.15) is 0 Å². The monoisotopic (exact) mass is 399 g/mol. The van der Waals surface area contributed by atoms with Crippen LogP contribution in [-0.4, -0.2) is 29.5 Å². The van der Waals surface area contributed by atoms with Crippen LogP contribution in [0.2, 0.25) is 0 Å². The molecule has 1 aliphatic rings. The third-order valence-corrected chi connectivity index (χ3v) is 4.45. The molecule has 1 heterocycles. The first-order chi connectivity index (χ1) is 13.9. The number of anilines is 1. The molecule has 3 rings (SSSR count). The predicted molar refractivity (Wildman–Crippen MR) is 105 cm³/mol. The lowest BCUT2D eigenvalue weighted by Gasteiger charge is -2.36. The van der Waals surface area contributed by atoms with Crippen LogP contribution in [0.15, 0.2) is 48.5 Å². The third kappa shape index (κ3) is 5.34. The van der Waals surface area contributed by atoms with Crippen LogP contribution in [0.3, 0.4) is 0 Å². The van der Waals surface area contributed by atoms with Crippen molar-refractivity contribution in [2.45, 2.75) is 25.5 Å². The summed E-state index contributed by atoms with van der Waals surface area (Å²) in [4.78, 5) is 35.2. The molecule has 1 unspecified atom stereocenters. The van der Waals surface area contributed by atoms with Gasteiger partial charge in [-0.15, -0.1) is 0 Å². The second-order valence-electron chi connectivity index (χ2n) is 6.59. The molecule has 0 aromatic heterocycles. The van der Waals surface area contributed by atoms with Crippen molar-refractivity contribution in [2.75, 3.05) is 11.4 Å². The van der Waals surface area contributed by atoms with Gasteiger partial charge in [-0.05, 0) is 18.1 Å². The van der Waals surface area contributed by atoms with Gasteiger partial charge in [0.1, 0.15) is 11.9 Å². The van der Waals surface area contributed by atoms with Crippen molar-refractivity contribution in [1.82, 2.24) is 10.9 Å². The van der Waals surface area contributed by atoms with E-state index in [0.717, 1.165) is 5.56 Å². The van der Waals surface area contributed by atoms with Gasteiger partial charge in [0.2, 0.25) is 5.91 Å². The first-order valence-corrected chi connectivity index (χ1v) is 9.00. The number of ether oxygens (including phenoxy) is 1. The van der Waals surface area contributed by atoms with Crippen molar-refractivity contribution >= 4 is 23.3 Å². The molecule has 4 N–H and O–H groups in total. The third-order valence-electron chi connectivity index (χ3n) is 4.45. The fourth-order valence-electron chi connectivity index (χ4n) is 3.12. The molecule has 0 fully saturated rings. The number of nitro benzene ring substituents is 1. The molecule has 2 aromatic rings. The van der Waals surface area contributed by atoms with Crippen molar-refractivity contribution < 1.29 is 19.2 Å². The van der Waals surface area contributed by atoms with Crippen molar-refractivity contribution in [1.29, 1.82) is 0 Å². The maximum absolute atomic E-state index is 11.8. The number of carbonyl (C=O) groups is 2. The van der Waals surface area contributed by atoms with E-state index in [1.54, 1.807) is 6.07 Å². The largest absolute Gasteiger partial charge is 0.486 e. The van der Waals surface area contributed by atoms with Crippen LogP contribution in [-0.2, 0) is 11.3 Å². The summed E-state index contributed by atoms with van der Waals surface area (Å²) in [5.41, 5.74) is 10.8. The highest BCUT2D eigenvalue weighted by Crippen LogP contribution is 2.38. The summed E-state index contributed by atoms with van der Waals surface area (Å²) in [6.45, 7) is 1.00. The molecule has 29 heavy (non-hydrogen) atoms. The van der Waals surface area contributed by atoms with E-state index in [-0.39, 0.29) is 18.2 Å². The topological polar surface area (TPSA) is 140 Å². The number of nitro groups is 1. The Morgan fingerprint density at radius 3 is 2.66 bits per heavy atom. The van der Waals surface area contributed by atoms with Crippen molar-refractivity contribution in [3.05, 3.63) is 64.2 Å². The minimum absolute atomic E-state index is 0.0132. The summed E-state index contributed by atoms with van der Waals surface area (Å²) in [6, 6.07) is 13.3. The quantitative estimate of drug-likeness (QED) is 0.500. The average Bonchev–Trinajstić information content (AvgIpc) is 2.71. The zero-order valence-electron chi connectivity index (χ0n) is 15.5. The first kappa shape index (κ1) is 19.9. The number of nitrogens with two attached hydrogens (primary N) is 1. The summed E-state index contributed by atoms with van der Waals surface area (Å²) in [5, 5.41) is 11.2. The molecule has 1 atom stereocenters. The number of nitrogens with one attached hydrogen (secondary N) is 2. The van der Waals surface area contributed by atoms with Crippen LogP contribution in [0, 0.1) is 10.1 Å². The van der Waals surface area contributed by atoms with Gasteiger partial charge in [0.15, 0.2) is 0 Å². The Morgan fingerprint density at radius 2 is 1.97 bits per heavy atom. The summed E-state index contributed by atoms with van der Waals surface area (Å²) in [7, 11) is 0. The van der Waals surface area contributed by atoms with Crippen molar-refractivity contribution in [3.8, 4) is 5.75 Å². The fourth-order valence-corrected chi connectivity index (χ4v) is 3.12. The van der Waals surface area contributed by atoms with E-state index in [2.05, 4.69) is 5.43 Å². The first-order valence-electron chi connectivity index (χ1n) is 9.00. The minimum atomic E-state index is -0.850. The van der Waals surface area contributed by atoms with Crippen LogP contribution < -0.4 is 26.2 Å². The van der Waals surface area contributed by atoms with Gasteiger partial charge in [0.05, 0.1) is 17.2 Å². The number of nitrogens with zero attached hydrogens (tertiary/aromatic N) is 2. The minimum Gasteiger partial charge on any atom is -0.486 e. The fraction of sp³-hybridized carbons (Fsp3) is 0.263.